The third kappa shape index (κ3) is 3.76. The van der Waals surface area contributed by atoms with Crippen molar-refractivity contribution >= 4 is 29.2 Å². The Morgan fingerprint density at radius 1 is 1.57 bits per heavy atom. The van der Waals surface area contributed by atoms with Gasteiger partial charge in [0.2, 0.25) is 0 Å². The molecule has 1 heterocycles. The minimum Gasteiger partial charge on any atom is -0.366 e. The van der Waals surface area contributed by atoms with Crippen molar-refractivity contribution < 1.29 is 0 Å². The molecule has 1 unspecified atom stereocenters. The van der Waals surface area contributed by atoms with E-state index < -0.39 is 0 Å². The summed E-state index contributed by atoms with van der Waals surface area (Å²) in [7, 11) is 0. The predicted molar refractivity (Wildman–Crippen MR) is 65.3 cm³/mol. The van der Waals surface area contributed by atoms with Crippen molar-refractivity contribution in [2.24, 2.45) is 0 Å². The molecule has 0 fully saturated rings. The van der Waals surface area contributed by atoms with Gasteiger partial charge in [-0.2, -0.15) is 11.8 Å². The first-order chi connectivity index (χ1) is 6.76. The zero-order valence-electron chi connectivity index (χ0n) is 8.46. The summed E-state index contributed by atoms with van der Waals surface area (Å²) in [6.45, 7) is 2.17. The number of nitrogens with one attached hydrogen (secondary N) is 1. The van der Waals surface area contributed by atoms with Gasteiger partial charge in [0.25, 0.3) is 0 Å². The molecule has 1 atom stereocenters. The van der Waals surface area contributed by atoms with E-state index in [1.807, 2.05) is 23.9 Å². The van der Waals surface area contributed by atoms with E-state index in [9.17, 15) is 0 Å². The van der Waals surface area contributed by atoms with Crippen molar-refractivity contribution in [2.75, 3.05) is 17.3 Å². The highest BCUT2D eigenvalue weighted by atomic mass is 35.5. The molecule has 0 bridgehead atoms. The fourth-order valence-electron chi connectivity index (χ4n) is 1.16. The quantitative estimate of drug-likeness (QED) is 0.786. The molecular formula is C10H15ClN2S. The summed E-state index contributed by atoms with van der Waals surface area (Å²) in [5, 5.41) is 3.89. The lowest BCUT2D eigenvalue weighted by molar-refractivity contribution is 0.770. The molecule has 0 spiro atoms. The maximum absolute atomic E-state index is 5.79. The largest absolute Gasteiger partial charge is 0.366 e. The van der Waals surface area contributed by atoms with Gasteiger partial charge in [0.15, 0.2) is 0 Å². The molecule has 4 heteroatoms. The van der Waals surface area contributed by atoms with Crippen LogP contribution in [0.25, 0.3) is 0 Å². The van der Waals surface area contributed by atoms with Gasteiger partial charge in [0.05, 0.1) is 0 Å². The van der Waals surface area contributed by atoms with Crippen LogP contribution in [0.15, 0.2) is 18.2 Å². The number of hydrogen-bond donors (Lipinski definition) is 1. The summed E-state index contributed by atoms with van der Waals surface area (Å²) in [6.07, 6.45) is 3.20. The number of nitrogens with zero attached hydrogens (tertiary/aromatic N) is 1. The average molecular weight is 231 g/mol. The molecule has 2 nitrogen and oxygen atoms in total. The first kappa shape index (κ1) is 11.7. The third-order valence-corrected chi connectivity index (χ3v) is 2.87. The molecule has 1 aromatic rings. The van der Waals surface area contributed by atoms with E-state index in [0.717, 1.165) is 18.0 Å². The highest BCUT2D eigenvalue weighted by Crippen LogP contribution is 2.12. The van der Waals surface area contributed by atoms with E-state index >= 15 is 0 Å². The van der Waals surface area contributed by atoms with Crippen LogP contribution in [0.1, 0.15) is 13.3 Å². The summed E-state index contributed by atoms with van der Waals surface area (Å²) in [5.41, 5.74) is 0. The minimum absolute atomic E-state index is 0.468. The lowest BCUT2D eigenvalue weighted by atomic mass is 10.2. The Morgan fingerprint density at radius 2 is 2.36 bits per heavy atom. The Bertz CT molecular complexity index is 281. The molecule has 0 saturated heterocycles. The number of rotatable bonds is 5. The number of hydrogen-bond acceptors (Lipinski definition) is 3. The second-order valence-electron chi connectivity index (χ2n) is 3.05. The van der Waals surface area contributed by atoms with Crippen molar-refractivity contribution in [3.63, 3.8) is 0 Å². The van der Waals surface area contributed by atoms with E-state index in [1.54, 1.807) is 6.07 Å². The molecule has 1 N–H and O–H groups in total. The van der Waals surface area contributed by atoms with Gasteiger partial charge in [-0.05, 0) is 24.8 Å². The van der Waals surface area contributed by atoms with Crippen LogP contribution in [-0.2, 0) is 0 Å². The highest BCUT2D eigenvalue weighted by Gasteiger charge is 2.05. The van der Waals surface area contributed by atoms with E-state index in [0.29, 0.717) is 11.2 Å². The Hall–Kier alpha value is -0.410. The summed E-state index contributed by atoms with van der Waals surface area (Å²) in [5.74, 6) is 1.95. The highest BCUT2D eigenvalue weighted by molar-refractivity contribution is 7.98. The molecule has 0 aliphatic rings. The standard InChI is InChI=1S/C10H15ClN2S/c1-3-8(7-14-2)12-10-6-4-5-9(11)13-10/h4-6,8H,3,7H2,1-2H3,(H,12,13). The van der Waals surface area contributed by atoms with Crippen molar-refractivity contribution in [2.45, 2.75) is 19.4 Å². The Morgan fingerprint density at radius 3 is 2.93 bits per heavy atom. The second-order valence-corrected chi connectivity index (χ2v) is 4.35. The van der Waals surface area contributed by atoms with E-state index in [1.165, 1.54) is 0 Å². The van der Waals surface area contributed by atoms with Gasteiger partial charge in [-0.1, -0.05) is 24.6 Å². The minimum atomic E-state index is 0.468. The van der Waals surface area contributed by atoms with Crippen molar-refractivity contribution in [3.8, 4) is 0 Å². The van der Waals surface area contributed by atoms with Gasteiger partial charge >= 0.3 is 0 Å². The molecule has 0 aliphatic heterocycles. The van der Waals surface area contributed by atoms with Crippen LogP contribution in [0.5, 0.6) is 0 Å². The molecule has 0 aliphatic carbocycles. The molecule has 0 amide bonds. The monoisotopic (exact) mass is 230 g/mol. The van der Waals surface area contributed by atoms with Crippen LogP contribution in [0.2, 0.25) is 5.15 Å². The normalized spacial score (nSPS) is 12.5. The Labute approximate surface area is 94.5 Å². The Balaban J connectivity index is 2.57. The number of pyridine rings is 1. The lowest BCUT2D eigenvalue weighted by Gasteiger charge is -2.16. The lowest BCUT2D eigenvalue weighted by Crippen LogP contribution is -2.21. The smallest absolute Gasteiger partial charge is 0.131 e. The van der Waals surface area contributed by atoms with E-state index in [2.05, 4.69) is 23.5 Å². The SMILES string of the molecule is CCC(CSC)Nc1cccc(Cl)n1. The van der Waals surface area contributed by atoms with E-state index in [-0.39, 0.29) is 0 Å². The maximum atomic E-state index is 5.79. The van der Waals surface area contributed by atoms with E-state index in [4.69, 9.17) is 11.6 Å². The summed E-state index contributed by atoms with van der Waals surface area (Å²) in [4.78, 5) is 4.19. The fourth-order valence-corrected chi connectivity index (χ4v) is 2.05. The molecule has 1 aromatic heterocycles. The maximum Gasteiger partial charge on any atom is 0.131 e. The predicted octanol–water partition coefficient (Wildman–Crippen LogP) is 3.29. The van der Waals surface area contributed by atoms with Crippen molar-refractivity contribution in [3.05, 3.63) is 23.4 Å². The topological polar surface area (TPSA) is 24.9 Å². The van der Waals surface area contributed by atoms with Crippen molar-refractivity contribution in [1.29, 1.82) is 0 Å². The van der Waals surface area contributed by atoms with Gasteiger partial charge in [-0.15, -0.1) is 0 Å². The fraction of sp³-hybridized carbons (Fsp3) is 0.500. The number of anilines is 1. The number of halogens is 1. The summed E-state index contributed by atoms with van der Waals surface area (Å²) >= 11 is 7.63. The van der Waals surface area contributed by atoms with Crippen molar-refractivity contribution in [1.82, 2.24) is 4.98 Å². The number of aromatic nitrogens is 1. The first-order valence-corrected chi connectivity index (χ1v) is 6.41. The zero-order valence-corrected chi connectivity index (χ0v) is 10.0. The molecule has 78 valence electrons. The summed E-state index contributed by atoms with van der Waals surface area (Å²) in [6, 6.07) is 6.09. The number of thioether (sulfide) groups is 1. The molecule has 0 aromatic carbocycles. The van der Waals surface area contributed by atoms with Crippen LogP contribution in [0.3, 0.4) is 0 Å². The van der Waals surface area contributed by atoms with Gasteiger partial charge in [-0.3, -0.25) is 0 Å². The zero-order chi connectivity index (χ0) is 10.4. The van der Waals surface area contributed by atoms with Crippen LogP contribution < -0.4 is 5.32 Å². The van der Waals surface area contributed by atoms with Gasteiger partial charge < -0.3 is 5.32 Å². The van der Waals surface area contributed by atoms with Gasteiger partial charge in [0, 0.05) is 11.8 Å². The van der Waals surface area contributed by atoms with Crippen LogP contribution in [0.4, 0.5) is 5.82 Å². The van der Waals surface area contributed by atoms with Crippen LogP contribution in [-0.4, -0.2) is 23.0 Å². The third-order valence-electron chi connectivity index (χ3n) is 1.93. The Kier molecular flexibility index (Phi) is 5.12. The summed E-state index contributed by atoms with van der Waals surface area (Å²) < 4.78 is 0. The van der Waals surface area contributed by atoms with Crippen LogP contribution >= 0.6 is 23.4 Å². The molecular weight excluding hydrogens is 216 g/mol. The average Bonchev–Trinajstić information content (AvgIpc) is 2.17. The second kappa shape index (κ2) is 6.14. The first-order valence-electron chi connectivity index (χ1n) is 4.64. The van der Waals surface area contributed by atoms with Crippen LogP contribution in [0, 0.1) is 0 Å². The molecule has 14 heavy (non-hydrogen) atoms. The van der Waals surface area contributed by atoms with Gasteiger partial charge in [0.1, 0.15) is 11.0 Å². The van der Waals surface area contributed by atoms with Gasteiger partial charge in [-0.25, -0.2) is 4.98 Å². The molecule has 0 saturated carbocycles. The molecule has 1 rings (SSSR count). The molecule has 0 radical (unpaired) electrons.